The zero-order chi connectivity index (χ0) is 51.9. The number of amides is 4. The molecule has 384 valence electrons. The molecule has 0 aliphatic carbocycles. The van der Waals surface area contributed by atoms with E-state index in [-0.39, 0.29) is 49.9 Å². The standard InChI is InChI=1S/C52H84N4O12/c1-18-19-25-41-45(57)53(14)38(27-31(4)5)50(62)66-42(33(8)9)47(59)55(16)39(28-32(6)7)51(63)67-44(35(12)13)48(60)56(17)40(29-36-23-21-20-22-24-36)52(64)68-43(34(10)11)46(58)54(15)37(26-30(2)3)49(61)65-41/h20-24,30-35,37-44H,18-19,25-29H2,1-17H3. The average Bonchev–Trinajstić information content (AvgIpc) is 3.27. The molecule has 0 radical (unpaired) electrons. The first kappa shape index (κ1) is 59.1. The number of nitrogens with zero attached hydrogens (tertiary/aromatic N) is 4. The molecule has 0 N–H and O–H groups in total. The summed E-state index contributed by atoms with van der Waals surface area (Å²) in [4.78, 5) is 121. The monoisotopic (exact) mass is 957 g/mol. The Morgan fingerprint density at radius 2 is 0.750 bits per heavy atom. The van der Waals surface area contributed by atoms with Crippen LogP contribution in [-0.2, 0) is 63.7 Å². The van der Waals surface area contributed by atoms with Gasteiger partial charge in [0.25, 0.3) is 23.6 Å². The molecule has 1 fully saturated rings. The Hall–Kier alpha value is -5.02. The zero-order valence-corrected chi connectivity index (χ0v) is 44.1. The van der Waals surface area contributed by atoms with E-state index in [9.17, 15) is 38.4 Å². The molecule has 68 heavy (non-hydrogen) atoms. The largest absolute Gasteiger partial charge is 0.451 e. The summed E-state index contributed by atoms with van der Waals surface area (Å²) in [6, 6.07) is 3.97. The van der Waals surface area contributed by atoms with Crippen LogP contribution in [0.2, 0.25) is 0 Å². The second-order valence-electron chi connectivity index (χ2n) is 20.8. The van der Waals surface area contributed by atoms with E-state index < -0.39 is 114 Å². The minimum atomic E-state index is -1.43. The van der Waals surface area contributed by atoms with Gasteiger partial charge in [0.2, 0.25) is 0 Å². The van der Waals surface area contributed by atoms with E-state index in [0.29, 0.717) is 18.4 Å². The maximum Gasteiger partial charge on any atom is 0.329 e. The van der Waals surface area contributed by atoms with E-state index in [4.69, 9.17) is 18.9 Å². The Bertz CT molecular complexity index is 1850. The minimum absolute atomic E-state index is 0.0278. The quantitative estimate of drug-likeness (QED) is 0.146. The van der Waals surface area contributed by atoms with Crippen molar-refractivity contribution >= 4 is 47.5 Å². The van der Waals surface area contributed by atoms with Crippen molar-refractivity contribution in [3.05, 3.63) is 35.9 Å². The van der Waals surface area contributed by atoms with Crippen LogP contribution in [0, 0.1) is 35.5 Å². The lowest BCUT2D eigenvalue weighted by molar-refractivity contribution is -0.179. The number of rotatable bonds is 14. The maximum atomic E-state index is 14.6. The highest BCUT2D eigenvalue weighted by atomic mass is 16.6. The number of likely N-dealkylation sites (N-methyl/N-ethyl adjacent to an activating group) is 4. The normalized spacial score (nSPS) is 25.5. The van der Waals surface area contributed by atoms with Crippen molar-refractivity contribution in [1.29, 1.82) is 0 Å². The summed E-state index contributed by atoms with van der Waals surface area (Å²) < 4.78 is 24.2. The van der Waals surface area contributed by atoms with Gasteiger partial charge in [-0.2, -0.15) is 0 Å². The van der Waals surface area contributed by atoms with Gasteiger partial charge in [0, 0.05) is 34.6 Å². The first-order valence-corrected chi connectivity index (χ1v) is 24.6. The van der Waals surface area contributed by atoms with Crippen molar-refractivity contribution in [2.45, 2.75) is 184 Å². The summed E-state index contributed by atoms with van der Waals surface area (Å²) in [5, 5.41) is 0. The number of unbranched alkanes of at least 4 members (excludes halogenated alkanes) is 1. The van der Waals surface area contributed by atoms with Crippen molar-refractivity contribution in [1.82, 2.24) is 19.6 Å². The third kappa shape index (κ3) is 16.6. The van der Waals surface area contributed by atoms with E-state index >= 15 is 0 Å². The van der Waals surface area contributed by atoms with Crippen molar-refractivity contribution in [2.75, 3.05) is 28.2 Å². The van der Waals surface area contributed by atoms with Gasteiger partial charge in [-0.1, -0.05) is 127 Å². The molecule has 1 aromatic rings. The van der Waals surface area contributed by atoms with Crippen molar-refractivity contribution in [2.24, 2.45) is 35.5 Å². The molecule has 16 nitrogen and oxygen atoms in total. The summed E-state index contributed by atoms with van der Waals surface area (Å²) in [6.07, 6.45) is -3.98. The number of hydrogen-bond donors (Lipinski definition) is 0. The van der Waals surface area contributed by atoms with Crippen molar-refractivity contribution in [3.8, 4) is 0 Å². The Morgan fingerprint density at radius 1 is 0.441 bits per heavy atom. The fourth-order valence-corrected chi connectivity index (χ4v) is 8.10. The van der Waals surface area contributed by atoms with Crippen LogP contribution < -0.4 is 0 Å². The van der Waals surface area contributed by atoms with Crippen LogP contribution in [0.15, 0.2) is 30.3 Å². The molecule has 8 atom stereocenters. The fraction of sp³-hybridized carbons (Fsp3) is 0.731. The lowest BCUT2D eigenvalue weighted by Gasteiger charge is -2.37. The lowest BCUT2D eigenvalue weighted by Crippen LogP contribution is -2.56. The predicted octanol–water partition coefficient (Wildman–Crippen LogP) is 6.49. The molecular weight excluding hydrogens is 873 g/mol. The average molecular weight is 957 g/mol. The highest BCUT2D eigenvalue weighted by molar-refractivity contribution is 5.94. The van der Waals surface area contributed by atoms with Gasteiger partial charge in [0.1, 0.15) is 24.2 Å². The van der Waals surface area contributed by atoms with Crippen LogP contribution in [0.3, 0.4) is 0 Å². The Morgan fingerprint density at radius 3 is 1.07 bits per heavy atom. The van der Waals surface area contributed by atoms with E-state index in [1.807, 2.05) is 48.5 Å². The van der Waals surface area contributed by atoms with Gasteiger partial charge in [-0.15, -0.1) is 0 Å². The summed E-state index contributed by atoms with van der Waals surface area (Å²) in [6.45, 7) is 23.3. The number of carbonyl (C=O) groups is 8. The number of cyclic esters (lactones) is 4. The molecule has 1 aliphatic heterocycles. The van der Waals surface area contributed by atoms with Gasteiger partial charge in [0.15, 0.2) is 24.4 Å². The minimum Gasteiger partial charge on any atom is -0.451 e. The van der Waals surface area contributed by atoms with Crippen LogP contribution in [0.4, 0.5) is 0 Å². The van der Waals surface area contributed by atoms with Gasteiger partial charge < -0.3 is 38.5 Å². The van der Waals surface area contributed by atoms with Crippen LogP contribution in [-0.4, -0.2) is 144 Å². The van der Waals surface area contributed by atoms with Gasteiger partial charge in [-0.3, -0.25) is 19.2 Å². The van der Waals surface area contributed by atoms with Gasteiger partial charge in [-0.05, 0) is 73.2 Å². The van der Waals surface area contributed by atoms with Crippen LogP contribution in [0.5, 0.6) is 0 Å². The van der Waals surface area contributed by atoms with Crippen LogP contribution in [0.1, 0.15) is 134 Å². The number of carbonyl (C=O) groups excluding carboxylic acids is 8. The predicted molar refractivity (Wildman–Crippen MR) is 258 cm³/mol. The maximum absolute atomic E-state index is 14.6. The van der Waals surface area contributed by atoms with Gasteiger partial charge in [-0.25, -0.2) is 19.2 Å². The molecule has 1 saturated heterocycles. The molecule has 1 aliphatic rings. The van der Waals surface area contributed by atoms with Crippen molar-refractivity contribution in [3.63, 3.8) is 0 Å². The summed E-state index contributed by atoms with van der Waals surface area (Å²) in [5.74, 6) is -8.48. The second-order valence-corrected chi connectivity index (χ2v) is 20.8. The third-order valence-electron chi connectivity index (χ3n) is 12.3. The SMILES string of the molecule is CCCCC1OC(=O)C(CC(C)C)N(C)C(=O)C(C(C)C)OC(=O)C(Cc2ccccc2)N(C)C(=O)C(C(C)C)OC(=O)C(CC(C)C)N(C)C(=O)C(C(C)C)OC(=O)C(CC(C)C)N(C)C1=O. The number of hydrogen-bond acceptors (Lipinski definition) is 12. The summed E-state index contributed by atoms with van der Waals surface area (Å²) >= 11 is 0. The lowest BCUT2D eigenvalue weighted by atomic mass is 9.98. The Labute approximate surface area is 406 Å². The summed E-state index contributed by atoms with van der Waals surface area (Å²) in [5.41, 5.74) is 0.676. The number of esters is 4. The van der Waals surface area contributed by atoms with Gasteiger partial charge >= 0.3 is 23.9 Å². The Kier molecular flexibility index (Phi) is 23.7. The highest BCUT2D eigenvalue weighted by Crippen LogP contribution is 2.26. The smallest absolute Gasteiger partial charge is 0.329 e. The van der Waals surface area contributed by atoms with Crippen LogP contribution >= 0.6 is 0 Å². The van der Waals surface area contributed by atoms with E-state index in [0.717, 1.165) is 4.90 Å². The molecule has 1 heterocycles. The molecule has 2 rings (SSSR count). The Balaban J connectivity index is 2.97. The topological polar surface area (TPSA) is 186 Å². The molecule has 0 saturated carbocycles. The van der Waals surface area contributed by atoms with Crippen molar-refractivity contribution < 1.29 is 57.3 Å². The van der Waals surface area contributed by atoms with E-state index in [2.05, 4.69) is 0 Å². The van der Waals surface area contributed by atoms with Gasteiger partial charge in [0.05, 0.1) is 0 Å². The molecular formula is C52H84N4O12. The fourth-order valence-electron chi connectivity index (χ4n) is 8.10. The molecule has 0 spiro atoms. The van der Waals surface area contributed by atoms with E-state index in [1.165, 1.54) is 42.9 Å². The summed E-state index contributed by atoms with van der Waals surface area (Å²) in [7, 11) is 5.67. The van der Waals surface area contributed by atoms with E-state index in [1.54, 1.807) is 71.9 Å². The molecule has 0 bridgehead atoms. The molecule has 4 amide bonds. The molecule has 0 aromatic heterocycles. The number of benzene rings is 1. The first-order valence-electron chi connectivity index (χ1n) is 24.6. The first-order chi connectivity index (χ1) is 31.7. The third-order valence-corrected chi connectivity index (χ3v) is 12.3. The zero-order valence-electron chi connectivity index (χ0n) is 44.1. The molecule has 16 heteroatoms. The van der Waals surface area contributed by atoms with Crippen LogP contribution in [0.25, 0.3) is 0 Å². The second kappa shape index (κ2) is 27.2. The highest BCUT2D eigenvalue weighted by Gasteiger charge is 2.45. The number of ether oxygens (including phenoxy) is 4. The molecule has 8 unspecified atom stereocenters. The molecule has 1 aromatic carbocycles.